The Morgan fingerprint density at radius 3 is 3.04 bits per heavy atom. The lowest BCUT2D eigenvalue weighted by molar-refractivity contribution is -0.106. The Labute approximate surface area is 166 Å². The highest BCUT2D eigenvalue weighted by atomic mass is 35.5. The van der Waals surface area contributed by atoms with Crippen molar-refractivity contribution in [3.63, 3.8) is 0 Å². The maximum absolute atomic E-state index is 6.31. The third-order valence-electron chi connectivity index (χ3n) is 6.28. The minimum Gasteiger partial charge on any atom is -0.377 e. The average molecular weight is 392 g/mol. The van der Waals surface area contributed by atoms with E-state index < -0.39 is 0 Å². The van der Waals surface area contributed by atoms with Gasteiger partial charge in [-0.2, -0.15) is 0 Å². The molecule has 0 radical (unpaired) electrons. The van der Waals surface area contributed by atoms with E-state index in [0.717, 1.165) is 50.9 Å². The van der Waals surface area contributed by atoms with Crippen molar-refractivity contribution in [2.75, 3.05) is 31.1 Å². The van der Waals surface area contributed by atoms with Gasteiger partial charge in [-0.05, 0) is 31.9 Å². The number of guanidine groups is 1. The van der Waals surface area contributed by atoms with Gasteiger partial charge in [0.05, 0.1) is 11.1 Å². The molecule has 1 saturated carbocycles. The van der Waals surface area contributed by atoms with Crippen molar-refractivity contribution in [3.05, 3.63) is 23.4 Å². The molecule has 3 aliphatic rings. The summed E-state index contributed by atoms with van der Waals surface area (Å²) in [5, 5.41) is 8.06. The molecule has 4 unspecified atom stereocenters. The Bertz CT molecular complexity index is 709. The van der Waals surface area contributed by atoms with Crippen LogP contribution >= 0.6 is 11.6 Å². The summed E-state index contributed by atoms with van der Waals surface area (Å²) in [7, 11) is 0. The van der Waals surface area contributed by atoms with E-state index in [1.54, 1.807) is 6.20 Å². The van der Waals surface area contributed by atoms with Crippen molar-refractivity contribution in [3.8, 4) is 0 Å². The molecule has 1 aliphatic carbocycles. The normalized spacial score (nSPS) is 32.1. The zero-order valence-electron chi connectivity index (χ0n) is 16.4. The van der Waals surface area contributed by atoms with Crippen LogP contribution in [0.3, 0.4) is 0 Å². The lowest BCUT2D eigenvalue weighted by Crippen LogP contribution is -2.68. The number of hydrogen-bond donors (Lipinski definition) is 2. The number of hydrogen-bond acceptors (Lipinski definition) is 4. The van der Waals surface area contributed by atoms with Gasteiger partial charge in [-0.25, -0.2) is 4.98 Å². The summed E-state index contributed by atoms with van der Waals surface area (Å²) in [5.74, 6) is 2.38. The van der Waals surface area contributed by atoms with Crippen LogP contribution in [-0.4, -0.2) is 55.4 Å². The second-order valence-corrected chi connectivity index (χ2v) is 8.80. The van der Waals surface area contributed by atoms with E-state index in [-0.39, 0.29) is 5.41 Å². The molecule has 4 rings (SSSR count). The third-order valence-corrected chi connectivity index (χ3v) is 6.57. The van der Waals surface area contributed by atoms with E-state index in [4.69, 9.17) is 21.3 Å². The standard InChI is InChI=1S/C20H30ClN5O/c1-4-22-19(25-16-14-8-11-27-17(14)20(16,2)3)24-13-7-10-26(12-13)18-15(21)6-5-9-23-18/h5-6,9,13-14,16-17H,4,7-8,10-12H2,1-3H3,(H2,22,24,25). The Morgan fingerprint density at radius 2 is 2.26 bits per heavy atom. The van der Waals surface area contributed by atoms with Crippen LogP contribution in [0.1, 0.15) is 33.6 Å². The van der Waals surface area contributed by atoms with E-state index in [1.807, 2.05) is 12.1 Å². The molecule has 27 heavy (non-hydrogen) atoms. The highest BCUT2D eigenvalue weighted by molar-refractivity contribution is 6.32. The first-order chi connectivity index (χ1) is 13.0. The van der Waals surface area contributed by atoms with E-state index in [9.17, 15) is 0 Å². The molecule has 148 valence electrons. The van der Waals surface area contributed by atoms with E-state index in [1.165, 1.54) is 0 Å². The molecule has 0 aromatic carbocycles. The van der Waals surface area contributed by atoms with Crippen molar-refractivity contribution in [1.82, 2.24) is 15.6 Å². The highest BCUT2D eigenvalue weighted by Gasteiger charge is 2.59. The molecule has 3 fully saturated rings. The molecule has 1 aromatic rings. The summed E-state index contributed by atoms with van der Waals surface area (Å²) in [5.41, 5.74) is 0.139. The molecule has 6 nitrogen and oxygen atoms in total. The maximum atomic E-state index is 6.31. The van der Waals surface area contributed by atoms with Gasteiger partial charge in [0.1, 0.15) is 5.82 Å². The number of pyridine rings is 1. The van der Waals surface area contributed by atoms with Gasteiger partial charge in [0.25, 0.3) is 0 Å². The molecule has 2 saturated heterocycles. The fourth-order valence-corrected chi connectivity index (χ4v) is 5.17. The van der Waals surface area contributed by atoms with Crippen LogP contribution < -0.4 is 15.5 Å². The van der Waals surface area contributed by atoms with Crippen LogP contribution in [0, 0.1) is 11.3 Å². The lowest BCUT2D eigenvalue weighted by atomic mass is 9.57. The number of anilines is 1. The third kappa shape index (κ3) is 3.49. The highest BCUT2D eigenvalue weighted by Crippen LogP contribution is 2.52. The molecular weight excluding hydrogens is 362 g/mol. The van der Waals surface area contributed by atoms with Gasteiger partial charge in [-0.1, -0.05) is 25.4 Å². The van der Waals surface area contributed by atoms with Gasteiger partial charge in [0, 0.05) is 55.9 Å². The van der Waals surface area contributed by atoms with Crippen LogP contribution in [0.15, 0.2) is 23.3 Å². The maximum Gasteiger partial charge on any atom is 0.191 e. The Kier molecular flexibility index (Phi) is 5.21. The molecule has 0 spiro atoms. The van der Waals surface area contributed by atoms with Crippen molar-refractivity contribution < 1.29 is 4.74 Å². The summed E-state index contributed by atoms with van der Waals surface area (Å²) in [6.07, 6.45) is 4.36. The number of aliphatic imine (C=N–C) groups is 1. The van der Waals surface area contributed by atoms with Crippen molar-refractivity contribution in [2.24, 2.45) is 16.3 Å². The fraction of sp³-hybridized carbons (Fsp3) is 0.700. The molecule has 0 amide bonds. The Hall–Kier alpha value is -1.53. The quantitative estimate of drug-likeness (QED) is 0.610. The summed E-state index contributed by atoms with van der Waals surface area (Å²) in [4.78, 5) is 11.4. The van der Waals surface area contributed by atoms with E-state index in [0.29, 0.717) is 29.1 Å². The molecule has 4 atom stereocenters. The van der Waals surface area contributed by atoms with Crippen LogP contribution in [0.4, 0.5) is 5.82 Å². The second-order valence-electron chi connectivity index (χ2n) is 8.40. The smallest absolute Gasteiger partial charge is 0.191 e. The summed E-state index contributed by atoms with van der Waals surface area (Å²) >= 11 is 6.31. The summed E-state index contributed by atoms with van der Waals surface area (Å²) in [6.45, 7) is 10.1. The van der Waals surface area contributed by atoms with Gasteiger partial charge in [-0.3, -0.25) is 4.99 Å². The van der Waals surface area contributed by atoms with Crippen LogP contribution in [-0.2, 0) is 4.74 Å². The number of aromatic nitrogens is 1. The zero-order chi connectivity index (χ0) is 19.0. The van der Waals surface area contributed by atoms with Crippen LogP contribution in [0.5, 0.6) is 0 Å². The number of fused-ring (bicyclic) bond motifs is 1. The first-order valence-electron chi connectivity index (χ1n) is 10.0. The molecule has 0 bridgehead atoms. The van der Waals surface area contributed by atoms with Gasteiger partial charge >= 0.3 is 0 Å². The molecule has 1 aromatic heterocycles. The predicted molar refractivity (Wildman–Crippen MR) is 110 cm³/mol. The largest absolute Gasteiger partial charge is 0.377 e. The Balaban J connectivity index is 1.38. The lowest BCUT2D eigenvalue weighted by Gasteiger charge is -2.55. The number of nitrogens with zero attached hydrogens (tertiary/aromatic N) is 3. The van der Waals surface area contributed by atoms with Gasteiger partial charge < -0.3 is 20.3 Å². The molecule has 3 heterocycles. The van der Waals surface area contributed by atoms with Crippen LogP contribution in [0.25, 0.3) is 0 Å². The van der Waals surface area contributed by atoms with Gasteiger partial charge in [-0.15, -0.1) is 0 Å². The van der Waals surface area contributed by atoms with E-state index in [2.05, 4.69) is 41.3 Å². The fourth-order valence-electron chi connectivity index (χ4n) is 4.93. The Morgan fingerprint density at radius 1 is 1.41 bits per heavy atom. The van der Waals surface area contributed by atoms with Crippen molar-refractivity contribution >= 4 is 23.4 Å². The molecule has 2 N–H and O–H groups in total. The topological polar surface area (TPSA) is 61.8 Å². The zero-order valence-corrected chi connectivity index (χ0v) is 17.2. The summed E-state index contributed by atoms with van der Waals surface area (Å²) in [6, 6.07) is 4.51. The van der Waals surface area contributed by atoms with Gasteiger partial charge in [0.2, 0.25) is 0 Å². The average Bonchev–Trinajstić information content (AvgIpc) is 3.28. The SMILES string of the molecule is CCN=C(NC1CCN(c2ncccc2Cl)C1)NC1C2CCOC2C1(C)C. The second kappa shape index (κ2) is 7.47. The number of rotatable bonds is 4. The van der Waals surface area contributed by atoms with E-state index >= 15 is 0 Å². The van der Waals surface area contributed by atoms with Crippen LogP contribution in [0.2, 0.25) is 5.02 Å². The first kappa shape index (κ1) is 18.8. The molecular formula is C20H30ClN5O. The number of halogens is 1. The number of nitrogens with one attached hydrogen (secondary N) is 2. The minimum absolute atomic E-state index is 0.139. The molecule has 2 aliphatic heterocycles. The minimum atomic E-state index is 0.139. The monoisotopic (exact) mass is 391 g/mol. The molecule has 7 heteroatoms. The first-order valence-corrected chi connectivity index (χ1v) is 10.4. The van der Waals surface area contributed by atoms with Crippen molar-refractivity contribution in [2.45, 2.75) is 51.8 Å². The van der Waals surface area contributed by atoms with Crippen molar-refractivity contribution in [1.29, 1.82) is 0 Å². The number of ether oxygens (including phenoxy) is 1. The predicted octanol–water partition coefficient (Wildman–Crippen LogP) is 2.68. The van der Waals surface area contributed by atoms with Gasteiger partial charge in [0.15, 0.2) is 5.96 Å². The summed E-state index contributed by atoms with van der Waals surface area (Å²) < 4.78 is 5.92.